The van der Waals surface area contributed by atoms with Crippen LogP contribution in [0.3, 0.4) is 0 Å². The third-order valence-electron chi connectivity index (χ3n) is 2.87. The van der Waals surface area contributed by atoms with E-state index in [2.05, 4.69) is 20.6 Å². The fourth-order valence-electron chi connectivity index (χ4n) is 1.71. The molecule has 7 nitrogen and oxygen atoms in total. The van der Waals surface area contributed by atoms with Gasteiger partial charge in [-0.3, -0.25) is 19.7 Å². The molecule has 122 valence electrons. The number of H-pyrrole nitrogens is 1. The SMILES string of the molecule is CC(C)CNC(=O)Cc1csc(NC(=O)c2ccc(=O)[nH]c2)n1. The van der Waals surface area contributed by atoms with E-state index in [0.29, 0.717) is 28.9 Å². The molecule has 0 aliphatic rings. The van der Waals surface area contributed by atoms with E-state index in [1.165, 1.54) is 29.7 Å². The van der Waals surface area contributed by atoms with Gasteiger partial charge in [-0.25, -0.2) is 4.98 Å². The van der Waals surface area contributed by atoms with E-state index in [9.17, 15) is 14.4 Å². The Morgan fingerprint density at radius 1 is 1.35 bits per heavy atom. The summed E-state index contributed by atoms with van der Waals surface area (Å²) in [5, 5.41) is 7.60. The summed E-state index contributed by atoms with van der Waals surface area (Å²) in [5.41, 5.74) is 0.662. The standard InChI is InChI=1S/C15H18N4O3S/c1-9(2)6-16-13(21)5-11-8-23-15(18-11)19-14(22)10-3-4-12(20)17-7-10/h3-4,7-9H,5-6H2,1-2H3,(H,16,21)(H,17,20)(H,18,19,22). The van der Waals surface area contributed by atoms with Crippen LogP contribution in [0, 0.1) is 5.92 Å². The first-order chi connectivity index (χ1) is 10.9. The highest BCUT2D eigenvalue weighted by Gasteiger charge is 2.11. The molecule has 0 aliphatic carbocycles. The highest BCUT2D eigenvalue weighted by molar-refractivity contribution is 7.14. The van der Waals surface area contributed by atoms with Crippen molar-refractivity contribution in [1.82, 2.24) is 15.3 Å². The van der Waals surface area contributed by atoms with Gasteiger partial charge in [-0.2, -0.15) is 0 Å². The molecular formula is C15H18N4O3S. The zero-order chi connectivity index (χ0) is 16.8. The largest absolute Gasteiger partial charge is 0.356 e. The van der Waals surface area contributed by atoms with Gasteiger partial charge in [0.15, 0.2) is 5.13 Å². The maximum atomic E-state index is 12.0. The molecule has 0 fully saturated rings. The number of nitrogens with one attached hydrogen (secondary N) is 3. The Morgan fingerprint density at radius 2 is 2.13 bits per heavy atom. The summed E-state index contributed by atoms with van der Waals surface area (Å²) in [7, 11) is 0. The molecule has 0 radical (unpaired) electrons. The van der Waals surface area contributed by atoms with Crippen molar-refractivity contribution in [2.75, 3.05) is 11.9 Å². The molecule has 2 rings (SSSR count). The van der Waals surface area contributed by atoms with Gasteiger partial charge < -0.3 is 10.3 Å². The molecule has 3 N–H and O–H groups in total. The number of nitrogens with zero attached hydrogens (tertiary/aromatic N) is 1. The van der Waals surface area contributed by atoms with Crippen molar-refractivity contribution in [1.29, 1.82) is 0 Å². The molecule has 0 atom stereocenters. The van der Waals surface area contributed by atoms with Crippen molar-refractivity contribution < 1.29 is 9.59 Å². The third kappa shape index (κ3) is 5.33. The Morgan fingerprint density at radius 3 is 2.78 bits per heavy atom. The molecule has 2 aromatic heterocycles. The smallest absolute Gasteiger partial charge is 0.258 e. The Bertz CT molecular complexity index is 731. The molecule has 0 bridgehead atoms. The lowest BCUT2D eigenvalue weighted by Gasteiger charge is -2.06. The third-order valence-corrected chi connectivity index (χ3v) is 3.67. The number of amides is 2. The molecule has 0 unspecified atom stereocenters. The van der Waals surface area contributed by atoms with Crippen LogP contribution in [0.5, 0.6) is 0 Å². The molecule has 8 heteroatoms. The van der Waals surface area contributed by atoms with Crippen molar-refractivity contribution in [3.05, 3.63) is 45.3 Å². The molecule has 2 aromatic rings. The maximum Gasteiger partial charge on any atom is 0.258 e. The number of aromatic amines is 1. The first-order valence-corrected chi connectivity index (χ1v) is 8.03. The predicted molar refractivity (Wildman–Crippen MR) is 88.7 cm³/mol. The van der Waals surface area contributed by atoms with Crippen LogP contribution in [0.1, 0.15) is 29.9 Å². The second kappa shape index (κ2) is 7.68. The van der Waals surface area contributed by atoms with E-state index in [1.807, 2.05) is 13.8 Å². The molecule has 2 heterocycles. The molecule has 0 spiro atoms. The van der Waals surface area contributed by atoms with Gasteiger partial charge in [-0.1, -0.05) is 13.8 Å². The van der Waals surface area contributed by atoms with Gasteiger partial charge in [0.1, 0.15) is 0 Å². The normalized spacial score (nSPS) is 10.6. The summed E-state index contributed by atoms with van der Waals surface area (Å²) >= 11 is 1.25. The highest BCUT2D eigenvalue weighted by Crippen LogP contribution is 2.16. The molecule has 0 saturated carbocycles. The maximum absolute atomic E-state index is 12.0. The summed E-state index contributed by atoms with van der Waals surface area (Å²) < 4.78 is 0. The highest BCUT2D eigenvalue weighted by atomic mass is 32.1. The van der Waals surface area contributed by atoms with Gasteiger partial charge >= 0.3 is 0 Å². The van der Waals surface area contributed by atoms with E-state index in [1.54, 1.807) is 5.38 Å². The van der Waals surface area contributed by atoms with Crippen molar-refractivity contribution in [3.63, 3.8) is 0 Å². The summed E-state index contributed by atoms with van der Waals surface area (Å²) in [4.78, 5) is 41.3. The van der Waals surface area contributed by atoms with Gasteiger partial charge in [0.05, 0.1) is 17.7 Å². The van der Waals surface area contributed by atoms with E-state index in [4.69, 9.17) is 0 Å². The van der Waals surface area contributed by atoms with Gasteiger partial charge in [0, 0.05) is 24.2 Å². The Hall–Kier alpha value is -2.48. The number of carbonyl (C=O) groups is 2. The number of carbonyl (C=O) groups excluding carboxylic acids is 2. The van der Waals surface area contributed by atoms with Gasteiger partial charge in [0.2, 0.25) is 11.5 Å². The van der Waals surface area contributed by atoms with Gasteiger partial charge in [-0.05, 0) is 12.0 Å². The van der Waals surface area contributed by atoms with Crippen molar-refractivity contribution in [2.45, 2.75) is 20.3 Å². The monoisotopic (exact) mass is 334 g/mol. The zero-order valence-corrected chi connectivity index (χ0v) is 13.7. The van der Waals surface area contributed by atoms with Crippen LogP contribution < -0.4 is 16.2 Å². The first-order valence-electron chi connectivity index (χ1n) is 7.15. The summed E-state index contributed by atoms with van der Waals surface area (Å²) in [6.07, 6.45) is 1.52. The number of hydrogen-bond donors (Lipinski definition) is 3. The van der Waals surface area contributed by atoms with E-state index < -0.39 is 0 Å². The molecular weight excluding hydrogens is 316 g/mol. The van der Waals surface area contributed by atoms with Crippen molar-refractivity contribution in [2.24, 2.45) is 5.92 Å². The average molecular weight is 334 g/mol. The molecule has 0 aromatic carbocycles. The lowest BCUT2D eigenvalue weighted by Crippen LogP contribution is -2.28. The zero-order valence-electron chi connectivity index (χ0n) is 12.9. The molecule has 2 amide bonds. The first kappa shape index (κ1) is 16.9. The topological polar surface area (TPSA) is 104 Å². The number of rotatable bonds is 6. The minimum absolute atomic E-state index is 0.0949. The van der Waals surface area contributed by atoms with Crippen LogP contribution in [0.2, 0.25) is 0 Å². The van der Waals surface area contributed by atoms with Crippen LogP contribution in [-0.2, 0) is 11.2 Å². The number of pyridine rings is 1. The molecule has 0 aliphatic heterocycles. The van der Waals surface area contributed by atoms with Gasteiger partial charge in [0.25, 0.3) is 5.91 Å². The van der Waals surface area contributed by atoms with Crippen LogP contribution in [0.15, 0.2) is 28.5 Å². The van der Waals surface area contributed by atoms with Crippen molar-refractivity contribution in [3.8, 4) is 0 Å². The fraction of sp³-hybridized carbons (Fsp3) is 0.333. The average Bonchev–Trinajstić information content (AvgIpc) is 2.92. The minimum atomic E-state index is -0.369. The van der Waals surface area contributed by atoms with Gasteiger partial charge in [-0.15, -0.1) is 11.3 Å². The van der Waals surface area contributed by atoms with E-state index >= 15 is 0 Å². The molecule has 23 heavy (non-hydrogen) atoms. The van der Waals surface area contributed by atoms with Crippen LogP contribution in [0.4, 0.5) is 5.13 Å². The van der Waals surface area contributed by atoms with E-state index in [0.717, 1.165) is 0 Å². The summed E-state index contributed by atoms with van der Waals surface area (Å²) in [6.45, 7) is 4.67. The van der Waals surface area contributed by atoms with Crippen molar-refractivity contribution >= 4 is 28.3 Å². The summed E-state index contributed by atoms with van der Waals surface area (Å²) in [6, 6.07) is 2.71. The minimum Gasteiger partial charge on any atom is -0.356 e. The predicted octanol–water partition coefficient (Wildman–Crippen LogP) is 1.40. The number of anilines is 1. The number of aromatic nitrogens is 2. The second-order valence-electron chi connectivity index (χ2n) is 5.41. The Labute approximate surface area is 137 Å². The Balaban J connectivity index is 1.91. The quantitative estimate of drug-likeness (QED) is 0.742. The van der Waals surface area contributed by atoms with Crippen LogP contribution in [0.25, 0.3) is 0 Å². The molecule has 0 saturated heterocycles. The van der Waals surface area contributed by atoms with Crippen LogP contribution >= 0.6 is 11.3 Å². The Kier molecular flexibility index (Phi) is 5.64. The van der Waals surface area contributed by atoms with Crippen LogP contribution in [-0.4, -0.2) is 28.3 Å². The second-order valence-corrected chi connectivity index (χ2v) is 6.27. The lowest BCUT2D eigenvalue weighted by atomic mass is 10.2. The summed E-state index contributed by atoms with van der Waals surface area (Å²) in [5.74, 6) is -0.0736. The lowest BCUT2D eigenvalue weighted by molar-refractivity contribution is -0.120. The number of thiazole rings is 1. The fourth-order valence-corrected chi connectivity index (χ4v) is 2.42. The van der Waals surface area contributed by atoms with E-state index in [-0.39, 0.29) is 23.8 Å². The number of hydrogen-bond acceptors (Lipinski definition) is 5.